The van der Waals surface area contributed by atoms with Gasteiger partial charge in [-0.1, -0.05) is 26.0 Å². The molecule has 1 fully saturated rings. The standard InChI is InChI=1S/C19H30BN3O6/c1-13(2)11-17(21)29-20-28-15-5-3-14(4-6-15)12-16(18(24)25)22-19(26)23-7-9-27-10-8-23/h3-6,13,16-17,20H,7-12,21H2,1-2H3,(H,22,26)(H,24,25)/t16-,17+/m0/s1. The number of carbonyl (C=O) groups is 2. The highest BCUT2D eigenvalue weighted by Gasteiger charge is 2.24. The Kier molecular flexibility index (Phi) is 9.23. The van der Waals surface area contributed by atoms with Crippen LogP contribution in [0.2, 0.25) is 0 Å². The van der Waals surface area contributed by atoms with Crippen molar-refractivity contribution in [1.82, 2.24) is 10.2 Å². The van der Waals surface area contributed by atoms with Crippen LogP contribution in [0.25, 0.3) is 0 Å². The van der Waals surface area contributed by atoms with E-state index in [-0.39, 0.29) is 20.3 Å². The molecule has 0 unspecified atom stereocenters. The highest BCUT2D eigenvalue weighted by molar-refractivity contribution is 6.19. The lowest BCUT2D eigenvalue weighted by molar-refractivity contribution is -0.139. The molecule has 0 saturated carbocycles. The maximum absolute atomic E-state index is 12.2. The molecule has 1 aliphatic rings. The van der Waals surface area contributed by atoms with E-state index in [1.807, 2.05) is 0 Å². The fraction of sp³-hybridized carbons (Fsp3) is 0.579. The van der Waals surface area contributed by atoms with Gasteiger partial charge in [-0.2, -0.15) is 0 Å². The number of carboxylic acids is 1. The Labute approximate surface area is 171 Å². The highest BCUT2D eigenvalue weighted by Crippen LogP contribution is 2.14. The van der Waals surface area contributed by atoms with E-state index in [1.54, 1.807) is 29.2 Å². The van der Waals surface area contributed by atoms with Crippen molar-refractivity contribution in [2.24, 2.45) is 11.7 Å². The summed E-state index contributed by atoms with van der Waals surface area (Å²) >= 11 is 0. The topological polar surface area (TPSA) is 123 Å². The van der Waals surface area contributed by atoms with Gasteiger partial charge in [0.2, 0.25) is 0 Å². The summed E-state index contributed by atoms with van der Waals surface area (Å²) in [5.74, 6) is -0.0515. The molecule has 160 valence electrons. The number of carboxylic acid groups (broad SMARTS) is 1. The van der Waals surface area contributed by atoms with Gasteiger partial charge in [-0.25, -0.2) is 9.59 Å². The zero-order valence-corrected chi connectivity index (χ0v) is 17.0. The lowest BCUT2D eigenvalue weighted by Crippen LogP contribution is -2.51. The predicted molar refractivity (Wildman–Crippen MR) is 109 cm³/mol. The number of aliphatic carboxylic acids is 1. The van der Waals surface area contributed by atoms with Crippen molar-refractivity contribution in [2.75, 3.05) is 26.3 Å². The normalized spacial score (nSPS) is 16.2. The summed E-state index contributed by atoms with van der Waals surface area (Å²) in [6, 6.07) is 5.58. The summed E-state index contributed by atoms with van der Waals surface area (Å²) in [5, 5.41) is 12.0. The zero-order valence-electron chi connectivity index (χ0n) is 17.0. The fourth-order valence-electron chi connectivity index (χ4n) is 2.89. The third kappa shape index (κ3) is 8.30. The average Bonchev–Trinajstić information content (AvgIpc) is 2.68. The highest BCUT2D eigenvalue weighted by atomic mass is 16.6. The number of ether oxygens (including phenoxy) is 1. The largest absolute Gasteiger partial charge is 0.539 e. The van der Waals surface area contributed by atoms with Gasteiger partial charge in [0.25, 0.3) is 0 Å². The molecule has 29 heavy (non-hydrogen) atoms. The Morgan fingerprint density at radius 1 is 1.28 bits per heavy atom. The molecule has 9 nitrogen and oxygen atoms in total. The number of morpholine rings is 1. The van der Waals surface area contributed by atoms with Crippen molar-refractivity contribution >= 4 is 19.7 Å². The van der Waals surface area contributed by atoms with Gasteiger partial charge in [0, 0.05) is 19.5 Å². The van der Waals surface area contributed by atoms with Crippen LogP contribution in [0.1, 0.15) is 25.8 Å². The van der Waals surface area contributed by atoms with E-state index in [0.29, 0.717) is 38.0 Å². The van der Waals surface area contributed by atoms with Gasteiger partial charge in [-0.15, -0.1) is 0 Å². The molecule has 0 aliphatic carbocycles. The molecule has 2 rings (SSSR count). The van der Waals surface area contributed by atoms with Gasteiger partial charge in [0.1, 0.15) is 11.8 Å². The molecule has 1 saturated heterocycles. The Morgan fingerprint density at radius 3 is 2.52 bits per heavy atom. The minimum Gasteiger partial charge on any atom is -0.539 e. The van der Waals surface area contributed by atoms with E-state index in [1.165, 1.54) is 0 Å². The molecule has 0 spiro atoms. The summed E-state index contributed by atoms with van der Waals surface area (Å²) in [4.78, 5) is 25.4. The van der Waals surface area contributed by atoms with Crippen LogP contribution in [0, 0.1) is 5.92 Å². The number of rotatable bonds is 10. The van der Waals surface area contributed by atoms with Crippen LogP contribution in [-0.2, 0) is 20.6 Å². The maximum atomic E-state index is 12.2. The summed E-state index contributed by atoms with van der Waals surface area (Å²) in [6.07, 6.45) is 0.539. The maximum Gasteiger partial charge on any atom is 0.507 e. The molecule has 1 aliphatic heterocycles. The lowest BCUT2D eigenvalue weighted by atomic mass is 10.1. The molecule has 10 heteroatoms. The average molecular weight is 407 g/mol. The minimum absolute atomic E-state index is 0.0423. The van der Waals surface area contributed by atoms with Crippen LogP contribution in [0.5, 0.6) is 5.75 Å². The number of amides is 2. The van der Waals surface area contributed by atoms with Crippen LogP contribution in [0.3, 0.4) is 0 Å². The molecule has 4 N–H and O–H groups in total. The molecule has 1 aromatic rings. The first-order valence-corrected chi connectivity index (χ1v) is 9.80. The second-order valence-corrected chi connectivity index (χ2v) is 7.38. The number of nitrogens with two attached hydrogens (primary N) is 1. The van der Waals surface area contributed by atoms with Crippen molar-refractivity contribution in [2.45, 2.75) is 39.0 Å². The first-order valence-electron chi connectivity index (χ1n) is 9.80. The predicted octanol–water partition coefficient (Wildman–Crippen LogP) is 0.717. The Bertz CT molecular complexity index is 652. The van der Waals surface area contributed by atoms with Gasteiger partial charge in [0.05, 0.1) is 19.4 Å². The Morgan fingerprint density at radius 2 is 1.93 bits per heavy atom. The van der Waals surface area contributed by atoms with Crippen molar-refractivity contribution in [3.8, 4) is 5.75 Å². The number of hydrogen-bond donors (Lipinski definition) is 3. The van der Waals surface area contributed by atoms with E-state index < -0.39 is 18.0 Å². The molecule has 1 heterocycles. The Hall–Kier alpha value is -2.30. The van der Waals surface area contributed by atoms with E-state index in [2.05, 4.69) is 19.2 Å². The Balaban J connectivity index is 1.82. The van der Waals surface area contributed by atoms with Crippen LogP contribution in [0.4, 0.5) is 4.79 Å². The molecule has 0 radical (unpaired) electrons. The first-order chi connectivity index (χ1) is 13.8. The summed E-state index contributed by atoms with van der Waals surface area (Å²) in [5.41, 5.74) is 6.60. The van der Waals surface area contributed by atoms with Gasteiger partial charge in [-0.05, 0) is 30.0 Å². The number of hydrogen-bond acceptors (Lipinski definition) is 6. The number of nitrogens with zero attached hydrogens (tertiary/aromatic N) is 1. The van der Waals surface area contributed by atoms with Crippen molar-refractivity contribution in [3.63, 3.8) is 0 Å². The van der Waals surface area contributed by atoms with E-state index in [4.69, 9.17) is 19.8 Å². The van der Waals surface area contributed by atoms with Crippen molar-refractivity contribution < 1.29 is 28.7 Å². The molecule has 0 bridgehead atoms. The zero-order chi connectivity index (χ0) is 21.2. The minimum atomic E-state index is -1.08. The van der Waals surface area contributed by atoms with Crippen molar-refractivity contribution in [3.05, 3.63) is 29.8 Å². The SMILES string of the molecule is CC(C)C[C@H](N)OBOc1ccc(C[C@H](NC(=O)N2CCOCC2)C(=O)O)cc1. The molecule has 0 aromatic heterocycles. The second-order valence-electron chi connectivity index (χ2n) is 7.38. The number of carbonyl (C=O) groups excluding carboxylic acids is 1. The molecular formula is C19H30BN3O6. The second kappa shape index (κ2) is 11.6. The van der Waals surface area contributed by atoms with Crippen molar-refractivity contribution in [1.29, 1.82) is 0 Å². The van der Waals surface area contributed by atoms with Gasteiger partial charge in [-0.3, -0.25) is 0 Å². The monoisotopic (exact) mass is 407 g/mol. The fourth-order valence-corrected chi connectivity index (χ4v) is 2.89. The molecule has 1 aromatic carbocycles. The molecular weight excluding hydrogens is 377 g/mol. The van der Waals surface area contributed by atoms with E-state index in [9.17, 15) is 14.7 Å². The van der Waals surface area contributed by atoms with E-state index >= 15 is 0 Å². The third-order valence-electron chi connectivity index (χ3n) is 4.47. The first kappa shape index (κ1) is 23.0. The third-order valence-corrected chi connectivity index (χ3v) is 4.47. The van der Waals surface area contributed by atoms with E-state index in [0.717, 1.165) is 12.0 Å². The number of nitrogens with one attached hydrogen (secondary N) is 1. The summed E-state index contributed by atoms with van der Waals surface area (Å²) < 4.78 is 16.1. The van der Waals surface area contributed by atoms with Crippen LogP contribution in [-0.4, -0.2) is 68.3 Å². The quantitative estimate of drug-likeness (QED) is 0.386. The number of benzene rings is 1. The summed E-state index contributed by atoms with van der Waals surface area (Å²) in [7, 11) is 0.0423. The molecule has 2 amide bonds. The molecule has 2 atom stereocenters. The summed E-state index contributed by atoms with van der Waals surface area (Å²) in [6.45, 7) is 5.95. The van der Waals surface area contributed by atoms with Crippen LogP contribution < -0.4 is 15.7 Å². The lowest BCUT2D eigenvalue weighted by Gasteiger charge is -2.28. The van der Waals surface area contributed by atoms with Gasteiger partial charge < -0.3 is 35.1 Å². The smallest absolute Gasteiger partial charge is 0.507 e. The van der Waals surface area contributed by atoms with Crippen LogP contribution in [0.15, 0.2) is 24.3 Å². The van der Waals surface area contributed by atoms with Gasteiger partial charge in [0.15, 0.2) is 0 Å². The number of urea groups is 1. The van der Waals surface area contributed by atoms with Gasteiger partial charge >= 0.3 is 19.7 Å². The van der Waals surface area contributed by atoms with Crippen LogP contribution >= 0.6 is 0 Å².